The Bertz CT molecular complexity index is 289. The molecule has 0 unspecified atom stereocenters. The van der Waals surface area contributed by atoms with E-state index in [1.54, 1.807) is 12.1 Å². The quantitative estimate of drug-likeness (QED) is 0.779. The van der Waals surface area contributed by atoms with Crippen LogP contribution in [0.5, 0.6) is 0 Å². The fourth-order valence-corrected chi connectivity index (χ4v) is 1.24. The van der Waals surface area contributed by atoms with Gasteiger partial charge >= 0.3 is 0 Å². The molecule has 0 aromatic heterocycles. The summed E-state index contributed by atoms with van der Waals surface area (Å²) in [5, 5.41) is 4.07. The molecule has 2 nitrogen and oxygen atoms in total. The van der Waals surface area contributed by atoms with Crippen LogP contribution in [0.15, 0.2) is 12.1 Å². The van der Waals surface area contributed by atoms with Crippen LogP contribution in [-0.2, 0) is 0 Å². The van der Waals surface area contributed by atoms with Gasteiger partial charge in [0.25, 0.3) is 0 Å². The van der Waals surface area contributed by atoms with Gasteiger partial charge < -0.3 is 11.1 Å². The van der Waals surface area contributed by atoms with Crippen molar-refractivity contribution in [2.45, 2.75) is 6.92 Å². The van der Waals surface area contributed by atoms with Crippen LogP contribution in [0, 0.1) is 0 Å². The highest BCUT2D eigenvalue weighted by atomic mass is 35.5. The van der Waals surface area contributed by atoms with E-state index >= 15 is 0 Å². The summed E-state index contributed by atoms with van der Waals surface area (Å²) >= 11 is 11.5. The highest BCUT2D eigenvalue weighted by Crippen LogP contribution is 2.30. The molecule has 0 heterocycles. The molecule has 0 spiro atoms. The van der Waals surface area contributed by atoms with Crippen LogP contribution < -0.4 is 11.1 Å². The third kappa shape index (κ3) is 3.14. The largest absolute Gasteiger partial charge is 0.397 e. The summed E-state index contributed by atoms with van der Waals surface area (Å²) in [6, 6.07) is 3.37. The Hall–Kier alpha value is -0.310. The Balaban J connectivity index is 0.00000144. The minimum absolute atomic E-state index is 0. The number of nitrogens with one attached hydrogen (secondary N) is 1. The fraction of sp³-hybridized carbons (Fsp3) is 0.250. The Morgan fingerprint density at radius 2 is 1.85 bits per heavy atom. The number of halogens is 3. The number of benzene rings is 1. The SMILES string of the molecule is CCNc1cc(Cl)c(Cl)cc1N.Cl. The highest BCUT2D eigenvalue weighted by molar-refractivity contribution is 6.42. The molecule has 0 aliphatic rings. The Morgan fingerprint density at radius 3 is 2.38 bits per heavy atom. The minimum atomic E-state index is 0. The van der Waals surface area contributed by atoms with Crippen molar-refractivity contribution in [3.05, 3.63) is 22.2 Å². The molecule has 0 saturated heterocycles. The van der Waals surface area contributed by atoms with Gasteiger partial charge in [-0.05, 0) is 19.1 Å². The van der Waals surface area contributed by atoms with Crippen LogP contribution >= 0.6 is 35.6 Å². The Morgan fingerprint density at radius 1 is 1.31 bits per heavy atom. The van der Waals surface area contributed by atoms with Crippen molar-refractivity contribution in [3.8, 4) is 0 Å². The fourth-order valence-electron chi connectivity index (χ4n) is 0.906. The zero-order valence-electron chi connectivity index (χ0n) is 7.10. The smallest absolute Gasteiger partial charge is 0.0614 e. The van der Waals surface area contributed by atoms with E-state index in [-0.39, 0.29) is 12.4 Å². The second-order valence-electron chi connectivity index (χ2n) is 2.38. The molecule has 0 radical (unpaired) electrons. The summed E-state index contributed by atoms with van der Waals surface area (Å²) in [7, 11) is 0. The first-order chi connectivity index (χ1) is 5.65. The van der Waals surface area contributed by atoms with Crippen molar-refractivity contribution in [3.63, 3.8) is 0 Å². The molecule has 3 N–H and O–H groups in total. The first-order valence-corrected chi connectivity index (χ1v) is 4.39. The molecule has 0 fully saturated rings. The van der Waals surface area contributed by atoms with E-state index in [1.807, 2.05) is 6.92 Å². The highest BCUT2D eigenvalue weighted by Gasteiger charge is 2.02. The van der Waals surface area contributed by atoms with Crippen LogP contribution in [0.3, 0.4) is 0 Å². The van der Waals surface area contributed by atoms with Gasteiger partial charge in [0.2, 0.25) is 0 Å². The van der Waals surface area contributed by atoms with E-state index in [1.165, 1.54) is 0 Å². The van der Waals surface area contributed by atoms with Crippen molar-refractivity contribution in [2.75, 3.05) is 17.6 Å². The summed E-state index contributed by atoms with van der Waals surface area (Å²) in [4.78, 5) is 0. The molecule has 0 aliphatic heterocycles. The molecule has 0 saturated carbocycles. The number of hydrogen-bond acceptors (Lipinski definition) is 2. The molecule has 74 valence electrons. The summed E-state index contributed by atoms with van der Waals surface area (Å²) in [6.45, 7) is 2.80. The molecule has 0 bridgehead atoms. The lowest BCUT2D eigenvalue weighted by atomic mass is 10.2. The molecule has 1 rings (SSSR count). The second-order valence-corrected chi connectivity index (χ2v) is 3.20. The summed E-state index contributed by atoms with van der Waals surface area (Å²) in [5.41, 5.74) is 7.11. The topological polar surface area (TPSA) is 38.0 Å². The van der Waals surface area contributed by atoms with E-state index in [4.69, 9.17) is 28.9 Å². The van der Waals surface area contributed by atoms with Gasteiger partial charge in [0, 0.05) is 6.54 Å². The van der Waals surface area contributed by atoms with Gasteiger partial charge in [-0.1, -0.05) is 23.2 Å². The van der Waals surface area contributed by atoms with E-state index in [2.05, 4.69) is 5.32 Å². The van der Waals surface area contributed by atoms with Gasteiger partial charge in [0.1, 0.15) is 0 Å². The van der Waals surface area contributed by atoms with Crippen LogP contribution in [0.1, 0.15) is 6.92 Å². The Labute approximate surface area is 93.8 Å². The van der Waals surface area contributed by atoms with Crippen LogP contribution in [0.25, 0.3) is 0 Å². The van der Waals surface area contributed by atoms with Gasteiger partial charge in [0.15, 0.2) is 0 Å². The maximum Gasteiger partial charge on any atom is 0.0614 e. The molecule has 0 amide bonds. The van der Waals surface area contributed by atoms with Gasteiger partial charge in [-0.25, -0.2) is 0 Å². The predicted octanol–water partition coefficient (Wildman–Crippen LogP) is 3.43. The second kappa shape index (κ2) is 5.43. The summed E-state index contributed by atoms with van der Waals surface area (Å²) in [6.07, 6.45) is 0. The van der Waals surface area contributed by atoms with Crippen molar-refractivity contribution in [1.82, 2.24) is 0 Å². The van der Waals surface area contributed by atoms with Crippen molar-refractivity contribution in [1.29, 1.82) is 0 Å². The third-order valence-electron chi connectivity index (χ3n) is 1.46. The maximum absolute atomic E-state index is 5.79. The van der Waals surface area contributed by atoms with E-state index in [0.717, 1.165) is 12.2 Å². The third-order valence-corrected chi connectivity index (χ3v) is 2.18. The van der Waals surface area contributed by atoms with Crippen LogP contribution in [-0.4, -0.2) is 6.54 Å². The van der Waals surface area contributed by atoms with E-state index in [9.17, 15) is 0 Å². The van der Waals surface area contributed by atoms with Crippen molar-refractivity contribution < 1.29 is 0 Å². The number of nitrogens with two attached hydrogens (primary N) is 1. The Kier molecular flexibility index (Phi) is 5.30. The average Bonchev–Trinajstić information content (AvgIpc) is 2.01. The number of hydrogen-bond donors (Lipinski definition) is 2. The molecular formula is C8H11Cl3N2. The molecule has 0 aliphatic carbocycles. The maximum atomic E-state index is 5.79. The lowest BCUT2D eigenvalue weighted by Gasteiger charge is -2.08. The minimum Gasteiger partial charge on any atom is -0.397 e. The molecule has 1 aromatic carbocycles. The van der Waals surface area contributed by atoms with Crippen LogP contribution in [0.4, 0.5) is 11.4 Å². The van der Waals surface area contributed by atoms with Gasteiger partial charge in [-0.15, -0.1) is 12.4 Å². The van der Waals surface area contributed by atoms with Gasteiger partial charge in [-0.3, -0.25) is 0 Å². The number of anilines is 2. The van der Waals surface area contributed by atoms with Crippen LogP contribution in [0.2, 0.25) is 10.0 Å². The molecule has 5 heteroatoms. The lowest BCUT2D eigenvalue weighted by molar-refractivity contribution is 1.21. The van der Waals surface area contributed by atoms with E-state index < -0.39 is 0 Å². The summed E-state index contributed by atoms with van der Waals surface area (Å²) < 4.78 is 0. The first kappa shape index (κ1) is 12.7. The van der Waals surface area contributed by atoms with Crippen molar-refractivity contribution in [2.24, 2.45) is 0 Å². The normalized spacial score (nSPS) is 9.15. The zero-order chi connectivity index (χ0) is 9.14. The molecule has 0 atom stereocenters. The van der Waals surface area contributed by atoms with Gasteiger partial charge in [0.05, 0.1) is 21.4 Å². The lowest BCUT2D eigenvalue weighted by Crippen LogP contribution is -2.00. The predicted molar refractivity (Wildman–Crippen MR) is 62.3 cm³/mol. The average molecular weight is 242 g/mol. The van der Waals surface area contributed by atoms with Crippen molar-refractivity contribution >= 4 is 47.0 Å². The monoisotopic (exact) mass is 240 g/mol. The van der Waals surface area contributed by atoms with Gasteiger partial charge in [-0.2, -0.15) is 0 Å². The summed E-state index contributed by atoms with van der Waals surface area (Å²) in [5.74, 6) is 0. The standard InChI is InChI=1S/C8H10Cl2N2.ClH/c1-2-12-8-4-6(10)5(9)3-7(8)11;/h3-4,12H,2,11H2,1H3;1H. The molecule has 1 aromatic rings. The zero-order valence-corrected chi connectivity index (χ0v) is 9.43. The molecular weight excluding hydrogens is 230 g/mol. The number of nitrogen functional groups attached to an aromatic ring is 1. The first-order valence-electron chi connectivity index (χ1n) is 3.63. The number of rotatable bonds is 2. The molecule has 13 heavy (non-hydrogen) atoms. The van der Waals surface area contributed by atoms with E-state index in [0.29, 0.717) is 15.7 Å².